The van der Waals surface area contributed by atoms with E-state index in [-0.39, 0.29) is 16.9 Å². The molecule has 2 aliphatic heterocycles. The highest BCUT2D eigenvalue weighted by Gasteiger charge is 2.59. The Morgan fingerprint density at radius 2 is 1.44 bits per heavy atom. The molecule has 0 radical (unpaired) electrons. The first kappa shape index (κ1) is 21.5. The molecule has 1 saturated carbocycles. The van der Waals surface area contributed by atoms with Crippen LogP contribution >= 0.6 is 0 Å². The SMILES string of the molecule is O=C([C@@H]1CC12CCN(Cc1c(F)cccc1F)CC2)N1CCN(Cc2ccccc2)CC1. The van der Waals surface area contributed by atoms with Crippen LogP contribution in [0.1, 0.15) is 30.4 Å². The Hall–Kier alpha value is -2.31. The summed E-state index contributed by atoms with van der Waals surface area (Å²) in [5.74, 6) is -0.499. The molecule has 0 unspecified atom stereocenters. The van der Waals surface area contributed by atoms with Gasteiger partial charge in [-0.15, -0.1) is 0 Å². The van der Waals surface area contributed by atoms with E-state index in [1.165, 1.54) is 23.8 Å². The molecule has 5 rings (SSSR count). The summed E-state index contributed by atoms with van der Waals surface area (Å²) in [5.41, 5.74) is 1.58. The van der Waals surface area contributed by atoms with Crippen molar-refractivity contribution in [3.63, 3.8) is 0 Å². The number of halogens is 2. The largest absolute Gasteiger partial charge is 0.340 e. The third kappa shape index (κ3) is 4.44. The minimum Gasteiger partial charge on any atom is -0.340 e. The highest BCUT2D eigenvalue weighted by molar-refractivity contribution is 5.83. The van der Waals surface area contributed by atoms with Crippen molar-refractivity contribution in [3.05, 3.63) is 71.3 Å². The minimum atomic E-state index is -0.476. The molecule has 0 aromatic heterocycles. The van der Waals surface area contributed by atoms with E-state index in [9.17, 15) is 13.6 Å². The molecule has 1 aliphatic carbocycles. The highest BCUT2D eigenvalue weighted by Crippen LogP contribution is 2.60. The van der Waals surface area contributed by atoms with E-state index >= 15 is 0 Å². The lowest BCUT2D eigenvalue weighted by atomic mass is 9.90. The number of piperidine rings is 1. The van der Waals surface area contributed by atoms with Gasteiger partial charge in [0.15, 0.2) is 0 Å². The predicted molar refractivity (Wildman–Crippen MR) is 120 cm³/mol. The molecule has 2 heterocycles. The number of hydrogen-bond donors (Lipinski definition) is 0. The van der Waals surface area contributed by atoms with E-state index < -0.39 is 11.6 Å². The zero-order valence-corrected chi connectivity index (χ0v) is 18.5. The van der Waals surface area contributed by atoms with Gasteiger partial charge in [-0.25, -0.2) is 8.78 Å². The summed E-state index contributed by atoms with van der Waals surface area (Å²) in [5, 5.41) is 0. The second-order valence-corrected chi connectivity index (χ2v) is 9.68. The van der Waals surface area contributed by atoms with Crippen molar-refractivity contribution < 1.29 is 13.6 Å². The molecule has 2 aromatic carbocycles. The van der Waals surface area contributed by atoms with Crippen molar-refractivity contribution >= 4 is 5.91 Å². The Morgan fingerprint density at radius 1 is 0.812 bits per heavy atom. The van der Waals surface area contributed by atoms with E-state index in [0.717, 1.165) is 65.1 Å². The van der Waals surface area contributed by atoms with Crippen LogP contribution in [0.25, 0.3) is 0 Å². The second kappa shape index (κ2) is 8.91. The van der Waals surface area contributed by atoms with Crippen LogP contribution in [0.3, 0.4) is 0 Å². The van der Waals surface area contributed by atoms with E-state index in [0.29, 0.717) is 12.5 Å². The quantitative estimate of drug-likeness (QED) is 0.707. The Bertz CT molecular complexity index is 931. The fourth-order valence-electron chi connectivity index (χ4n) is 5.50. The van der Waals surface area contributed by atoms with Gasteiger partial charge in [0.1, 0.15) is 11.6 Å². The van der Waals surface area contributed by atoms with Gasteiger partial charge in [-0.1, -0.05) is 36.4 Å². The number of rotatable bonds is 5. The van der Waals surface area contributed by atoms with Gasteiger partial charge in [0.05, 0.1) is 0 Å². The number of likely N-dealkylation sites (tertiary alicyclic amines) is 1. The van der Waals surface area contributed by atoms with Crippen LogP contribution in [0.4, 0.5) is 8.78 Å². The summed E-state index contributed by atoms with van der Waals surface area (Å²) in [6.07, 6.45) is 2.85. The van der Waals surface area contributed by atoms with Gasteiger partial charge >= 0.3 is 0 Å². The van der Waals surface area contributed by atoms with Gasteiger partial charge in [-0.2, -0.15) is 0 Å². The van der Waals surface area contributed by atoms with Crippen LogP contribution in [-0.2, 0) is 17.9 Å². The Labute approximate surface area is 188 Å². The van der Waals surface area contributed by atoms with Crippen molar-refractivity contribution in [2.45, 2.75) is 32.4 Å². The molecule has 1 atom stereocenters. The normalized spacial score (nSPS) is 23.4. The van der Waals surface area contributed by atoms with Crippen LogP contribution in [0, 0.1) is 23.0 Å². The maximum Gasteiger partial charge on any atom is 0.226 e. The third-order valence-electron chi connectivity index (χ3n) is 7.72. The lowest BCUT2D eigenvalue weighted by Gasteiger charge is -2.36. The Kier molecular flexibility index (Phi) is 5.99. The van der Waals surface area contributed by atoms with Crippen molar-refractivity contribution in [1.29, 1.82) is 0 Å². The van der Waals surface area contributed by atoms with E-state index in [2.05, 4.69) is 39.0 Å². The van der Waals surface area contributed by atoms with Gasteiger partial charge < -0.3 is 4.90 Å². The molecule has 1 spiro atoms. The maximum atomic E-state index is 14.0. The number of hydrogen-bond acceptors (Lipinski definition) is 3. The number of carbonyl (C=O) groups is 1. The van der Waals surface area contributed by atoms with Crippen LogP contribution in [0.2, 0.25) is 0 Å². The molecule has 0 bridgehead atoms. The summed E-state index contributed by atoms with van der Waals surface area (Å²) in [6, 6.07) is 14.5. The number of piperazine rings is 1. The highest BCUT2D eigenvalue weighted by atomic mass is 19.1. The van der Waals surface area contributed by atoms with Crippen LogP contribution in [0.5, 0.6) is 0 Å². The second-order valence-electron chi connectivity index (χ2n) is 9.68. The summed E-state index contributed by atoms with van der Waals surface area (Å²) < 4.78 is 27.9. The molecule has 32 heavy (non-hydrogen) atoms. The van der Waals surface area contributed by atoms with E-state index in [4.69, 9.17) is 0 Å². The first-order chi connectivity index (χ1) is 15.5. The van der Waals surface area contributed by atoms with Crippen molar-refractivity contribution in [2.75, 3.05) is 39.3 Å². The molecule has 0 N–H and O–H groups in total. The standard InChI is InChI=1S/C26H31F2N3O/c27-23-7-4-8-24(28)21(23)19-29-11-9-26(10-12-29)17-22(26)25(32)31-15-13-30(14-16-31)18-20-5-2-1-3-6-20/h1-8,22H,9-19H2/t22-/m0/s1. The predicted octanol–water partition coefficient (Wildman–Crippen LogP) is 3.91. The molecule has 2 saturated heterocycles. The molecule has 170 valence electrons. The fraction of sp³-hybridized carbons (Fsp3) is 0.500. The summed E-state index contributed by atoms with van der Waals surface area (Å²) >= 11 is 0. The lowest BCUT2D eigenvalue weighted by Crippen LogP contribution is -2.49. The smallest absolute Gasteiger partial charge is 0.226 e. The van der Waals surface area contributed by atoms with Gasteiger partial charge in [0, 0.05) is 50.7 Å². The minimum absolute atomic E-state index is 0.114. The number of nitrogens with zero attached hydrogens (tertiary/aromatic N) is 3. The molecule has 2 aromatic rings. The maximum absolute atomic E-state index is 14.0. The van der Waals surface area contributed by atoms with Crippen LogP contribution < -0.4 is 0 Å². The number of benzene rings is 2. The van der Waals surface area contributed by atoms with Crippen LogP contribution in [0.15, 0.2) is 48.5 Å². The van der Waals surface area contributed by atoms with E-state index in [1.807, 2.05) is 6.07 Å². The molecule has 3 fully saturated rings. The molecule has 3 aliphatic rings. The van der Waals surface area contributed by atoms with E-state index in [1.54, 1.807) is 0 Å². The lowest BCUT2D eigenvalue weighted by molar-refractivity contribution is -0.135. The summed E-state index contributed by atoms with van der Waals surface area (Å²) in [4.78, 5) is 19.8. The third-order valence-corrected chi connectivity index (χ3v) is 7.72. The molecular weight excluding hydrogens is 408 g/mol. The first-order valence-corrected chi connectivity index (χ1v) is 11.7. The van der Waals surface area contributed by atoms with Crippen LogP contribution in [-0.4, -0.2) is 59.9 Å². The zero-order valence-electron chi connectivity index (χ0n) is 18.5. The average Bonchev–Trinajstić information content (AvgIpc) is 3.52. The monoisotopic (exact) mass is 439 g/mol. The summed E-state index contributed by atoms with van der Waals surface area (Å²) in [6.45, 7) is 6.27. The first-order valence-electron chi connectivity index (χ1n) is 11.7. The summed E-state index contributed by atoms with van der Waals surface area (Å²) in [7, 11) is 0. The van der Waals surface area contributed by atoms with Crippen molar-refractivity contribution in [3.8, 4) is 0 Å². The molecular formula is C26H31F2N3O. The zero-order chi connectivity index (χ0) is 22.1. The number of amides is 1. The molecule has 1 amide bonds. The van der Waals surface area contributed by atoms with Gasteiger partial charge in [-0.05, 0) is 55.5 Å². The fourth-order valence-corrected chi connectivity index (χ4v) is 5.50. The van der Waals surface area contributed by atoms with Gasteiger partial charge in [0.25, 0.3) is 0 Å². The molecule has 4 nitrogen and oxygen atoms in total. The topological polar surface area (TPSA) is 26.8 Å². The van der Waals surface area contributed by atoms with Crippen molar-refractivity contribution in [2.24, 2.45) is 11.3 Å². The van der Waals surface area contributed by atoms with Gasteiger partial charge in [0.2, 0.25) is 5.91 Å². The Balaban J connectivity index is 1.09. The number of carbonyl (C=O) groups excluding carboxylic acids is 1. The van der Waals surface area contributed by atoms with Crippen molar-refractivity contribution in [1.82, 2.24) is 14.7 Å². The van der Waals surface area contributed by atoms with Gasteiger partial charge in [-0.3, -0.25) is 14.6 Å². The average molecular weight is 440 g/mol. The molecule has 6 heteroatoms. The Morgan fingerprint density at radius 3 is 2.09 bits per heavy atom.